The van der Waals surface area contributed by atoms with Crippen molar-refractivity contribution in [2.24, 2.45) is 5.73 Å². The van der Waals surface area contributed by atoms with Gasteiger partial charge in [-0.3, -0.25) is 9.69 Å². The molecule has 2 rings (SSSR count). The molecule has 1 atom stereocenters. The lowest BCUT2D eigenvalue weighted by molar-refractivity contribution is -0.118. The van der Waals surface area contributed by atoms with E-state index in [2.05, 4.69) is 10.1 Å². The van der Waals surface area contributed by atoms with Gasteiger partial charge in [0.1, 0.15) is 11.6 Å². The van der Waals surface area contributed by atoms with Crippen LogP contribution in [0.2, 0.25) is 0 Å². The molecule has 0 saturated carbocycles. The number of carbonyl (C=O) groups excluding carboxylic acids is 2. The summed E-state index contributed by atoms with van der Waals surface area (Å²) in [6, 6.07) is -0.456. The van der Waals surface area contributed by atoms with E-state index in [0.717, 1.165) is 0 Å². The standard InChI is InChI=1S/C15H24N4O5/c1-15(2,3)23-14(21)19-7-8-22-9-10(19)13-17-12(24-18-13)6-4-5-11(16)20/h10H,4-9H2,1-3H3,(H2,16,20)/t10-/m1/s1. The number of nitrogens with two attached hydrogens (primary N) is 1. The van der Waals surface area contributed by atoms with E-state index in [1.165, 1.54) is 0 Å². The van der Waals surface area contributed by atoms with Crippen LogP contribution in [-0.4, -0.2) is 52.4 Å². The Labute approximate surface area is 140 Å². The summed E-state index contributed by atoms with van der Waals surface area (Å²) in [4.78, 5) is 29.0. The number of hydrogen-bond donors (Lipinski definition) is 1. The Morgan fingerprint density at radius 3 is 2.83 bits per heavy atom. The maximum Gasteiger partial charge on any atom is 0.411 e. The molecular formula is C15H24N4O5. The van der Waals surface area contributed by atoms with Gasteiger partial charge in [0.2, 0.25) is 11.8 Å². The molecule has 0 spiro atoms. The predicted molar refractivity (Wildman–Crippen MR) is 82.9 cm³/mol. The number of aromatic nitrogens is 2. The lowest BCUT2D eigenvalue weighted by Crippen LogP contribution is -2.46. The van der Waals surface area contributed by atoms with E-state index in [9.17, 15) is 9.59 Å². The van der Waals surface area contributed by atoms with E-state index in [-0.39, 0.29) is 18.9 Å². The molecule has 1 aliphatic heterocycles. The highest BCUT2D eigenvalue weighted by Gasteiger charge is 2.34. The second-order valence-corrected chi connectivity index (χ2v) is 6.63. The summed E-state index contributed by atoms with van der Waals surface area (Å²) in [7, 11) is 0. The van der Waals surface area contributed by atoms with Crippen LogP contribution in [0.4, 0.5) is 4.79 Å². The van der Waals surface area contributed by atoms with Gasteiger partial charge >= 0.3 is 6.09 Å². The SMILES string of the molecule is CC(C)(C)OC(=O)N1CCOC[C@@H]1c1noc(CCCC(N)=O)n1. The molecule has 134 valence electrons. The van der Waals surface area contributed by atoms with Crippen LogP contribution < -0.4 is 5.73 Å². The maximum atomic E-state index is 12.4. The Hall–Kier alpha value is -2.16. The molecule has 2 N–H and O–H groups in total. The molecule has 2 heterocycles. The molecular weight excluding hydrogens is 316 g/mol. The van der Waals surface area contributed by atoms with Crippen LogP contribution in [0.25, 0.3) is 0 Å². The number of nitrogens with zero attached hydrogens (tertiary/aromatic N) is 3. The zero-order valence-corrected chi connectivity index (χ0v) is 14.3. The van der Waals surface area contributed by atoms with Crippen molar-refractivity contribution >= 4 is 12.0 Å². The van der Waals surface area contributed by atoms with Crippen LogP contribution >= 0.6 is 0 Å². The first kappa shape index (κ1) is 18.2. The first-order valence-electron chi connectivity index (χ1n) is 7.94. The van der Waals surface area contributed by atoms with Crippen LogP contribution in [0.15, 0.2) is 4.52 Å². The fraction of sp³-hybridized carbons (Fsp3) is 0.733. The second kappa shape index (κ2) is 7.61. The first-order valence-corrected chi connectivity index (χ1v) is 7.94. The van der Waals surface area contributed by atoms with E-state index < -0.39 is 17.7 Å². The highest BCUT2D eigenvalue weighted by atomic mass is 16.6. The lowest BCUT2D eigenvalue weighted by Gasteiger charge is -2.34. The van der Waals surface area contributed by atoms with Crippen molar-refractivity contribution in [3.05, 3.63) is 11.7 Å². The Kier molecular flexibility index (Phi) is 5.76. The first-order chi connectivity index (χ1) is 11.3. The molecule has 1 aliphatic rings. The molecule has 0 bridgehead atoms. The van der Waals surface area contributed by atoms with Crippen molar-refractivity contribution in [2.45, 2.75) is 51.7 Å². The number of primary amides is 1. The number of amides is 2. The quantitative estimate of drug-likeness (QED) is 0.854. The Bertz CT molecular complexity index is 581. The summed E-state index contributed by atoms with van der Waals surface area (Å²) in [5.41, 5.74) is 4.51. The van der Waals surface area contributed by atoms with Crippen LogP contribution in [0.5, 0.6) is 0 Å². The van der Waals surface area contributed by atoms with Crippen molar-refractivity contribution in [1.29, 1.82) is 0 Å². The van der Waals surface area contributed by atoms with Gasteiger partial charge in [-0.2, -0.15) is 4.98 Å². The minimum atomic E-state index is -0.586. The average molecular weight is 340 g/mol. The second-order valence-electron chi connectivity index (χ2n) is 6.63. The average Bonchev–Trinajstić information content (AvgIpc) is 2.94. The lowest BCUT2D eigenvalue weighted by atomic mass is 10.2. The summed E-state index contributed by atoms with van der Waals surface area (Å²) in [6.45, 7) is 6.53. The molecule has 1 saturated heterocycles. The van der Waals surface area contributed by atoms with E-state index in [0.29, 0.717) is 37.7 Å². The van der Waals surface area contributed by atoms with Crippen molar-refractivity contribution in [3.8, 4) is 0 Å². The fourth-order valence-corrected chi connectivity index (χ4v) is 2.28. The zero-order valence-electron chi connectivity index (χ0n) is 14.3. The van der Waals surface area contributed by atoms with Crippen LogP contribution in [-0.2, 0) is 20.7 Å². The summed E-state index contributed by atoms with van der Waals surface area (Å²) >= 11 is 0. The van der Waals surface area contributed by atoms with E-state index in [4.69, 9.17) is 19.7 Å². The number of carbonyl (C=O) groups is 2. The zero-order chi connectivity index (χ0) is 17.7. The third-order valence-electron chi connectivity index (χ3n) is 3.35. The third-order valence-corrected chi connectivity index (χ3v) is 3.35. The van der Waals surface area contributed by atoms with Gasteiger partial charge in [0.15, 0.2) is 5.82 Å². The van der Waals surface area contributed by atoms with Crippen LogP contribution in [0, 0.1) is 0 Å². The fourth-order valence-electron chi connectivity index (χ4n) is 2.28. The van der Waals surface area contributed by atoms with Crippen molar-refractivity contribution in [2.75, 3.05) is 19.8 Å². The van der Waals surface area contributed by atoms with Gasteiger partial charge in [-0.05, 0) is 27.2 Å². The van der Waals surface area contributed by atoms with Crippen molar-refractivity contribution in [1.82, 2.24) is 15.0 Å². The van der Waals surface area contributed by atoms with Gasteiger partial charge in [-0.25, -0.2) is 4.79 Å². The molecule has 9 nitrogen and oxygen atoms in total. The van der Waals surface area contributed by atoms with E-state index in [1.54, 1.807) is 4.90 Å². The summed E-state index contributed by atoms with van der Waals surface area (Å²) in [6.07, 6.45) is 0.814. The molecule has 9 heteroatoms. The molecule has 0 radical (unpaired) electrons. The summed E-state index contributed by atoms with van der Waals surface area (Å²) in [5, 5.41) is 3.94. The Balaban J connectivity index is 2.03. The van der Waals surface area contributed by atoms with Gasteiger partial charge in [0, 0.05) is 19.4 Å². The molecule has 0 aromatic carbocycles. The summed E-state index contributed by atoms with van der Waals surface area (Å²) < 4.78 is 16.0. The number of ether oxygens (including phenoxy) is 2. The predicted octanol–water partition coefficient (Wildman–Crippen LogP) is 1.19. The van der Waals surface area contributed by atoms with Crippen LogP contribution in [0.1, 0.15) is 51.4 Å². The molecule has 0 unspecified atom stereocenters. The van der Waals surface area contributed by atoms with Gasteiger partial charge in [-0.1, -0.05) is 5.16 Å². The van der Waals surface area contributed by atoms with E-state index in [1.807, 2.05) is 20.8 Å². The van der Waals surface area contributed by atoms with Crippen molar-refractivity contribution < 1.29 is 23.6 Å². The minimum Gasteiger partial charge on any atom is -0.444 e. The topological polar surface area (TPSA) is 121 Å². The van der Waals surface area contributed by atoms with Gasteiger partial charge < -0.3 is 19.7 Å². The Morgan fingerprint density at radius 2 is 2.17 bits per heavy atom. The highest BCUT2D eigenvalue weighted by molar-refractivity contribution is 5.73. The monoisotopic (exact) mass is 340 g/mol. The maximum absolute atomic E-state index is 12.4. The molecule has 2 amide bonds. The molecule has 1 fully saturated rings. The molecule has 1 aromatic heterocycles. The van der Waals surface area contributed by atoms with Gasteiger partial charge in [0.25, 0.3) is 0 Å². The summed E-state index contributed by atoms with van der Waals surface area (Å²) in [5.74, 6) is 0.405. The number of morpholine rings is 1. The molecule has 0 aliphatic carbocycles. The largest absolute Gasteiger partial charge is 0.444 e. The molecule has 24 heavy (non-hydrogen) atoms. The minimum absolute atomic E-state index is 0.258. The van der Waals surface area contributed by atoms with Gasteiger partial charge in [-0.15, -0.1) is 0 Å². The smallest absolute Gasteiger partial charge is 0.411 e. The number of aryl methyl sites for hydroxylation is 1. The van der Waals surface area contributed by atoms with Crippen molar-refractivity contribution in [3.63, 3.8) is 0 Å². The molecule has 1 aromatic rings. The number of hydrogen-bond acceptors (Lipinski definition) is 7. The Morgan fingerprint density at radius 1 is 1.42 bits per heavy atom. The normalized spacial score (nSPS) is 18.5. The highest BCUT2D eigenvalue weighted by Crippen LogP contribution is 2.24. The van der Waals surface area contributed by atoms with E-state index >= 15 is 0 Å². The third kappa shape index (κ3) is 5.19. The van der Waals surface area contributed by atoms with Crippen LogP contribution in [0.3, 0.4) is 0 Å². The van der Waals surface area contributed by atoms with Gasteiger partial charge in [0.05, 0.1) is 13.2 Å². The number of rotatable bonds is 5.